The lowest BCUT2D eigenvalue weighted by molar-refractivity contribution is -0.127. The van der Waals surface area contributed by atoms with Crippen molar-refractivity contribution in [2.45, 2.75) is 38.7 Å². The van der Waals surface area contributed by atoms with Gasteiger partial charge in [0.25, 0.3) is 0 Å². The molecule has 30 heavy (non-hydrogen) atoms. The number of allylic oxidation sites excluding steroid dienone is 2. The third-order valence-corrected chi connectivity index (χ3v) is 8.43. The zero-order chi connectivity index (χ0) is 20.7. The monoisotopic (exact) mass is 396 g/mol. The second-order valence-corrected chi connectivity index (χ2v) is 10.3. The maximum absolute atomic E-state index is 14.7. The van der Waals surface area contributed by atoms with Crippen LogP contribution in [0.3, 0.4) is 0 Å². The molecule has 0 radical (unpaired) electrons. The highest BCUT2D eigenvalue weighted by Gasteiger charge is 2.79. The van der Waals surface area contributed by atoms with E-state index in [2.05, 4.69) is 69.3 Å². The molecule has 3 aliphatic carbocycles. The molecule has 1 heterocycles. The van der Waals surface area contributed by atoms with Gasteiger partial charge in [0.2, 0.25) is 0 Å². The fraction of sp³-hybridized carbons (Fsp3) is 0.393. The summed E-state index contributed by atoms with van der Waals surface area (Å²) in [4.78, 5) is 14.7. The van der Waals surface area contributed by atoms with Gasteiger partial charge in [-0.15, -0.1) is 0 Å². The summed E-state index contributed by atoms with van der Waals surface area (Å²) in [6, 6.07) is 20.9. The first-order valence-corrected chi connectivity index (χ1v) is 11.1. The van der Waals surface area contributed by atoms with E-state index >= 15 is 0 Å². The molecule has 1 unspecified atom stereocenters. The normalized spacial score (nSPS) is 38.1. The summed E-state index contributed by atoms with van der Waals surface area (Å²) in [5.41, 5.74) is 3.60. The molecule has 5 atom stereocenters. The van der Waals surface area contributed by atoms with Gasteiger partial charge in [0.1, 0.15) is 0 Å². The molecule has 152 valence electrons. The first kappa shape index (κ1) is 18.3. The summed E-state index contributed by atoms with van der Waals surface area (Å²) in [6.07, 6.45) is 5.60. The highest BCUT2D eigenvalue weighted by Crippen LogP contribution is 2.76. The summed E-state index contributed by atoms with van der Waals surface area (Å²) in [6.45, 7) is 7.58. The van der Waals surface area contributed by atoms with Crippen LogP contribution >= 0.6 is 0 Å². The molecule has 1 aliphatic heterocycles. The van der Waals surface area contributed by atoms with Crippen molar-refractivity contribution >= 4 is 11.4 Å². The molecule has 0 amide bonds. The van der Waals surface area contributed by atoms with Gasteiger partial charge in [0, 0.05) is 16.9 Å². The van der Waals surface area contributed by atoms with Crippen molar-refractivity contribution in [3.8, 4) is 0 Å². The van der Waals surface area contributed by atoms with E-state index in [0.717, 1.165) is 23.1 Å². The van der Waals surface area contributed by atoms with Crippen molar-refractivity contribution in [1.29, 1.82) is 0 Å². The van der Waals surface area contributed by atoms with Gasteiger partial charge in [-0.05, 0) is 34.5 Å². The van der Waals surface area contributed by atoms with E-state index in [4.69, 9.17) is 4.74 Å². The Hall–Kier alpha value is -2.45. The molecular formula is C28H28O2. The van der Waals surface area contributed by atoms with Crippen LogP contribution in [0.25, 0.3) is 5.57 Å². The van der Waals surface area contributed by atoms with Crippen molar-refractivity contribution in [2.75, 3.05) is 6.61 Å². The number of carbonyl (C=O) groups is 1. The van der Waals surface area contributed by atoms with Crippen LogP contribution in [-0.2, 0) is 14.9 Å². The van der Waals surface area contributed by atoms with Crippen molar-refractivity contribution in [3.63, 3.8) is 0 Å². The standard InChI is InChI=1S/C28H28O2/c1-18-14-15-21-17-30-25-26(2,3)16-22-23(19-10-6-4-7-11-19)24(29)27(18,28(21,22)25)20-12-8-5-9-13-20/h4-15,18,21,25H,16-17H2,1-3H3/t18-,21+,25-,27-,28?/m1/s1. The van der Waals surface area contributed by atoms with E-state index in [-0.39, 0.29) is 28.8 Å². The van der Waals surface area contributed by atoms with Crippen LogP contribution in [0, 0.1) is 22.7 Å². The van der Waals surface area contributed by atoms with Crippen LogP contribution in [0.15, 0.2) is 78.4 Å². The lowest BCUT2D eigenvalue weighted by Gasteiger charge is -2.53. The fourth-order valence-corrected chi connectivity index (χ4v) is 7.61. The number of carbonyl (C=O) groups excluding carboxylic acids is 1. The Kier molecular flexibility index (Phi) is 3.56. The van der Waals surface area contributed by atoms with Crippen molar-refractivity contribution in [2.24, 2.45) is 22.7 Å². The lowest BCUT2D eigenvalue weighted by atomic mass is 9.47. The number of benzene rings is 2. The molecule has 0 bridgehead atoms. The Bertz CT molecular complexity index is 1090. The fourth-order valence-electron chi connectivity index (χ4n) is 7.61. The Morgan fingerprint density at radius 3 is 2.30 bits per heavy atom. The number of ketones is 1. The summed E-state index contributed by atoms with van der Waals surface area (Å²) in [5, 5.41) is 0. The largest absolute Gasteiger partial charge is 0.376 e. The van der Waals surface area contributed by atoms with E-state index in [1.165, 1.54) is 5.57 Å². The molecule has 0 N–H and O–H groups in total. The van der Waals surface area contributed by atoms with E-state index in [1.54, 1.807) is 0 Å². The van der Waals surface area contributed by atoms with E-state index in [1.807, 2.05) is 24.3 Å². The Morgan fingerprint density at radius 1 is 0.933 bits per heavy atom. The summed E-state index contributed by atoms with van der Waals surface area (Å²) in [7, 11) is 0. The lowest BCUT2D eigenvalue weighted by Crippen LogP contribution is -2.59. The summed E-state index contributed by atoms with van der Waals surface area (Å²) in [5.74, 6) is 0.640. The predicted octanol–water partition coefficient (Wildman–Crippen LogP) is 5.60. The molecular weight excluding hydrogens is 368 g/mol. The van der Waals surface area contributed by atoms with Crippen LogP contribution < -0.4 is 0 Å². The van der Waals surface area contributed by atoms with Crippen molar-refractivity contribution in [1.82, 2.24) is 0 Å². The number of rotatable bonds is 2. The maximum Gasteiger partial charge on any atom is 0.175 e. The summed E-state index contributed by atoms with van der Waals surface area (Å²) < 4.78 is 6.60. The zero-order valence-electron chi connectivity index (χ0n) is 17.9. The SMILES string of the molecule is C[C@@H]1C=C[C@H]2CO[C@@H]3C(C)(C)CC4=C(c5ccccc5)C(=O)[C@@]1(c1ccccc1)C432. The highest BCUT2D eigenvalue weighted by molar-refractivity contribution is 6.30. The van der Waals surface area contributed by atoms with Gasteiger partial charge in [-0.3, -0.25) is 4.79 Å². The molecule has 1 saturated heterocycles. The Balaban J connectivity index is 1.76. The quantitative estimate of drug-likeness (QED) is 0.618. The third kappa shape index (κ3) is 1.84. The minimum Gasteiger partial charge on any atom is -0.376 e. The summed E-state index contributed by atoms with van der Waals surface area (Å²) >= 11 is 0. The molecule has 1 spiro atoms. The molecule has 2 aromatic carbocycles. The highest BCUT2D eigenvalue weighted by atomic mass is 16.5. The number of Topliss-reactive ketones (excluding diaryl/α,β-unsaturated/α-hetero) is 1. The van der Waals surface area contributed by atoms with E-state index in [0.29, 0.717) is 12.4 Å². The van der Waals surface area contributed by atoms with Crippen LogP contribution in [0.1, 0.15) is 38.3 Å². The molecule has 1 saturated carbocycles. The molecule has 4 aliphatic rings. The molecule has 2 aromatic rings. The van der Waals surface area contributed by atoms with E-state index in [9.17, 15) is 4.79 Å². The van der Waals surface area contributed by atoms with Crippen LogP contribution in [0.5, 0.6) is 0 Å². The van der Waals surface area contributed by atoms with Gasteiger partial charge < -0.3 is 4.74 Å². The van der Waals surface area contributed by atoms with Crippen LogP contribution in [0.2, 0.25) is 0 Å². The maximum atomic E-state index is 14.7. The van der Waals surface area contributed by atoms with Gasteiger partial charge in [-0.25, -0.2) is 0 Å². The Morgan fingerprint density at radius 2 is 1.60 bits per heavy atom. The molecule has 6 rings (SSSR count). The second-order valence-electron chi connectivity index (χ2n) is 10.3. The topological polar surface area (TPSA) is 26.3 Å². The van der Waals surface area contributed by atoms with Crippen molar-refractivity contribution < 1.29 is 9.53 Å². The van der Waals surface area contributed by atoms with E-state index < -0.39 is 5.41 Å². The smallest absolute Gasteiger partial charge is 0.175 e. The predicted molar refractivity (Wildman–Crippen MR) is 119 cm³/mol. The number of hydrogen-bond acceptors (Lipinski definition) is 2. The van der Waals surface area contributed by atoms with Gasteiger partial charge in [-0.2, -0.15) is 0 Å². The van der Waals surface area contributed by atoms with Crippen LogP contribution in [0.4, 0.5) is 0 Å². The molecule has 2 nitrogen and oxygen atoms in total. The zero-order valence-corrected chi connectivity index (χ0v) is 17.9. The number of hydrogen-bond donors (Lipinski definition) is 0. The molecule has 0 aromatic heterocycles. The molecule has 2 heteroatoms. The van der Waals surface area contributed by atoms with Crippen molar-refractivity contribution in [3.05, 3.63) is 89.5 Å². The van der Waals surface area contributed by atoms with Gasteiger partial charge in [0.05, 0.1) is 18.1 Å². The second kappa shape index (κ2) is 5.82. The van der Waals surface area contributed by atoms with Crippen LogP contribution in [-0.4, -0.2) is 18.5 Å². The van der Waals surface area contributed by atoms with Gasteiger partial charge in [-0.1, -0.05) is 93.6 Å². The first-order chi connectivity index (χ1) is 14.5. The van der Waals surface area contributed by atoms with Gasteiger partial charge in [0.15, 0.2) is 5.78 Å². The average Bonchev–Trinajstić information content (AvgIpc) is 3.32. The minimum absolute atomic E-state index is 0.00422. The van der Waals surface area contributed by atoms with Gasteiger partial charge >= 0.3 is 0 Å². The Labute approximate surface area is 178 Å². The third-order valence-electron chi connectivity index (χ3n) is 8.43. The molecule has 2 fully saturated rings. The number of ether oxygens (including phenoxy) is 1. The minimum atomic E-state index is -0.608. The average molecular weight is 397 g/mol. The first-order valence-electron chi connectivity index (χ1n) is 11.1.